The van der Waals surface area contributed by atoms with Crippen LogP contribution >= 0.6 is 0 Å². The molecule has 19 heavy (non-hydrogen) atoms. The number of methoxy groups -OCH3 is 1. The highest BCUT2D eigenvalue weighted by atomic mass is 16.5. The van der Waals surface area contributed by atoms with Crippen LogP contribution < -0.4 is 4.74 Å². The monoisotopic (exact) mass is 263 g/mol. The lowest BCUT2D eigenvalue weighted by Gasteiger charge is -2.34. The minimum atomic E-state index is 0.329. The van der Waals surface area contributed by atoms with Gasteiger partial charge in [-0.15, -0.1) is 0 Å². The zero-order valence-corrected chi connectivity index (χ0v) is 12.2. The van der Waals surface area contributed by atoms with Gasteiger partial charge in [-0.1, -0.05) is 25.8 Å². The minimum Gasteiger partial charge on any atom is -0.507 e. The fourth-order valence-corrected chi connectivity index (χ4v) is 3.00. The van der Waals surface area contributed by atoms with E-state index in [-0.39, 0.29) is 0 Å². The summed E-state index contributed by atoms with van der Waals surface area (Å²) in [5, 5.41) is 10.0. The Bertz CT molecular complexity index is 419. The molecule has 1 aromatic rings. The number of hydrogen-bond acceptors (Lipinski definition) is 3. The lowest BCUT2D eigenvalue weighted by molar-refractivity contribution is 0.156. The number of ether oxygens (including phenoxy) is 1. The van der Waals surface area contributed by atoms with Crippen LogP contribution in [0.3, 0.4) is 0 Å². The second kappa shape index (κ2) is 6.29. The molecule has 3 heteroatoms. The van der Waals surface area contributed by atoms with Gasteiger partial charge in [0.05, 0.1) is 7.11 Å². The van der Waals surface area contributed by atoms with E-state index in [0.29, 0.717) is 17.5 Å². The quantitative estimate of drug-likeness (QED) is 0.903. The number of rotatable bonds is 4. The molecule has 0 spiro atoms. The Morgan fingerprint density at radius 1 is 1.37 bits per heavy atom. The van der Waals surface area contributed by atoms with E-state index in [9.17, 15) is 5.11 Å². The third-order valence-corrected chi connectivity index (χ3v) is 4.24. The highest BCUT2D eigenvalue weighted by Crippen LogP contribution is 2.29. The molecule has 0 amide bonds. The molecule has 2 atom stereocenters. The largest absolute Gasteiger partial charge is 0.507 e. The first kappa shape index (κ1) is 14.2. The first-order chi connectivity index (χ1) is 9.10. The predicted molar refractivity (Wildman–Crippen MR) is 77.5 cm³/mol. The molecule has 106 valence electrons. The van der Waals surface area contributed by atoms with Gasteiger partial charge < -0.3 is 9.84 Å². The summed E-state index contributed by atoms with van der Waals surface area (Å²) in [4.78, 5) is 2.37. The zero-order chi connectivity index (χ0) is 13.8. The van der Waals surface area contributed by atoms with Crippen molar-refractivity contribution in [2.45, 2.75) is 45.2 Å². The van der Waals surface area contributed by atoms with E-state index in [4.69, 9.17) is 4.74 Å². The van der Waals surface area contributed by atoms with Gasteiger partial charge >= 0.3 is 0 Å². The fraction of sp³-hybridized carbons (Fsp3) is 0.625. The van der Waals surface area contributed by atoms with Crippen LogP contribution in [0, 0.1) is 5.92 Å². The number of benzene rings is 1. The molecule has 0 aliphatic heterocycles. The van der Waals surface area contributed by atoms with Gasteiger partial charge in [-0.2, -0.15) is 0 Å². The van der Waals surface area contributed by atoms with Crippen molar-refractivity contribution in [1.82, 2.24) is 4.90 Å². The Hall–Kier alpha value is -1.22. The second-order valence-corrected chi connectivity index (χ2v) is 5.84. The summed E-state index contributed by atoms with van der Waals surface area (Å²) in [5.41, 5.74) is 0.974. The third-order valence-electron chi connectivity index (χ3n) is 4.24. The van der Waals surface area contributed by atoms with Crippen molar-refractivity contribution < 1.29 is 9.84 Å². The van der Waals surface area contributed by atoms with Gasteiger partial charge in [-0.3, -0.25) is 4.90 Å². The summed E-state index contributed by atoms with van der Waals surface area (Å²) in [6, 6.07) is 6.20. The number of nitrogens with zero attached hydrogens (tertiary/aromatic N) is 1. The third kappa shape index (κ3) is 3.63. The van der Waals surface area contributed by atoms with Crippen LogP contribution in [0.4, 0.5) is 0 Å². The van der Waals surface area contributed by atoms with Gasteiger partial charge in [-0.05, 0) is 31.9 Å². The molecule has 3 nitrogen and oxygen atoms in total. The molecule has 2 unspecified atom stereocenters. The molecular weight excluding hydrogens is 238 g/mol. The molecule has 1 saturated carbocycles. The van der Waals surface area contributed by atoms with Crippen LogP contribution in [-0.4, -0.2) is 30.2 Å². The number of aromatic hydroxyl groups is 1. The van der Waals surface area contributed by atoms with Gasteiger partial charge in [-0.25, -0.2) is 0 Å². The van der Waals surface area contributed by atoms with Gasteiger partial charge in [0.2, 0.25) is 0 Å². The second-order valence-electron chi connectivity index (χ2n) is 5.84. The summed E-state index contributed by atoms with van der Waals surface area (Å²) in [5.74, 6) is 1.86. The van der Waals surface area contributed by atoms with Crippen LogP contribution in [0.1, 0.15) is 38.2 Å². The molecule has 0 bridgehead atoms. The number of phenolic OH excluding ortho intramolecular Hbond substituents is 1. The zero-order valence-electron chi connectivity index (χ0n) is 12.2. The van der Waals surface area contributed by atoms with E-state index in [1.54, 1.807) is 13.2 Å². The van der Waals surface area contributed by atoms with Crippen LogP contribution in [0.15, 0.2) is 18.2 Å². The lowest BCUT2D eigenvalue weighted by atomic mass is 9.86. The summed E-state index contributed by atoms with van der Waals surface area (Å²) < 4.78 is 5.11. The smallest absolute Gasteiger partial charge is 0.123 e. The lowest BCUT2D eigenvalue weighted by Crippen LogP contribution is -2.35. The van der Waals surface area contributed by atoms with Crippen LogP contribution in [0.5, 0.6) is 11.5 Å². The van der Waals surface area contributed by atoms with Crippen molar-refractivity contribution in [2.75, 3.05) is 14.2 Å². The summed E-state index contributed by atoms with van der Waals surface area (Å²) in [7, 11) is 3.77. The van der Waals surface area contributed by atoms with Crippen molar-refractivity contribution in [1.29, 1.82) is 0 Å². The van der Waals surface area contributed by atoms with Gasteiger partial charge in [0.15, 0.2) is 0 Å². The molecule has 0 heterocycles. The van der Waals surface area contributed by atoms with Crippen molar-refractivity contribution in [2.24, 2.45) is 5.92 Å². The van der Waals surface area contributed by atoms with Crippen molar-refractivity contribution in [3.05, 3.63) is 23.8 Å². The molecule has 1 fully saturated rings. The first-order valence-corrected chi connectivity index (χ1v) is 7.16. The van der Waals surface area contributed by atoms with Gasteiger partial charge in [0.1, 0.15) is 11.5 Å². The topological polar surface area (TPSA) is 32.7 Å². The Morgan fingerprint density at radius 3 is 2.79 bits per heavy atom. The van der Waals surface area contributed by atoms with Crippen molar-refractivity contribution >= 4 is 0 Å². The predicted octanol–water partition coefficient (Wildman–Crippen LogP) is 3.41. The molecule has 0 radical (unpaired) electrons. The Labute approximate surface area is 116 Å². The van der Waals surface area contributed by atoms with E-state index in [1.807, 2.05) is 12.1 Å². The molecule has 1 aliphatic carbocycles. The molecular formula is C16H25NO2. The molecule has 1 aliphatic rings. The van der Waals surface area contributed by atoms with Crippen LogP contribution in [0.2, 0.25) is 0 Å². The van der Waals surface area contributed by atoms with Crippen molar-refractivity contribution in [3.63, 3.8) is 0 Å². The molecule has 0 saturated heterocycles. The van der Waals surface area contributed by atoms with Gasteiger partial charge in [0.25, 0.3) is 0 Å². The maximum Gasteiger partial charge on any atom is 0.123 e. The maximum absolute atomic E-state index is 10.0. The normalized spacial score (nSPS) is 23.6. The molecule has 2 rings (SSSR count). The van der Waals surface area contributed by atoms with E-state index in [2.05, 4.69) is 18.9 Å². The SMILES string of the molecule is COc1ccc(CN(C)C2CCCC(C)C2)c(O)c1. The molecule has 1 N–H and O–H groups in total. The summed E-state index contributed by atoms with van der Waals surface area (Å²) in [6.07, 6.45) is 5.23. The van der Waals surface area contributed by atoms with Gasteiger partial charge in [0, 0.05) is 24.2 Å². The Morgan fingerprint density at radius 2 is 2.16 bits per heavy atom. The van der Waals surface area contributed by atoms with Crippen LogP contribution in [0.25, 0.3) is 0 Å². The van der Waals surface area contributed by atoms with Crippen LogP contribution in [-0.2, 0) is 6.54 Å². The highest BCUT2D eigenvalue weighted by molar-refractivity contribution is 5.39. The Balaban J connectivity index is 2.00. The summed E-state index contributed by atoms with van der Waals surface area (Å²) in [6.45, 7) is 3.14. The average Bonchev–Trinajstić information content (AvgIpc) is 2.41. The van der Waals surface area contributed by atoms with E-state index in [0.717, 1.165) is 18.0 Å². The van der Waals surface area contributed by atoms with E-state index in [1.165, 1.54) is 25.7 Å². The van der Waals surface area contributed by atoms with E-state index < -0.39 is 0 Å². The van der Waals surface area contributed by atoms with E-state index >= 15 is 0 Å². The summed E-state index contributed by atoms with van der Waals surface area (Å²) >= 11 is 0. The number of hydrogen-bond donors (Lipinski definition) is 1. The first-order valence-electron chi connectivity index (χ1n) is 7.16. The standard InChI is InChI=1S/C16H25NO2/c1-12-5-4-6-14(9-12)17(2)11-13-7-8-15(19-3)10-16(13)18/h7-8,10,12,14,18H,4-6,9,11H2,1-3H3. The molecule has 1 aromatic carbocycles. The fourth-order valence-electron chi connectivity index (χ4n) is 3.00. The number of phenols is 1. The maximum atomic E-state index is 10.0. The Kier molecular flexibility index (Phi) is 4.70. The highest BCUT2D eigenvalue weighted by Gasteiger charge is 2.22. The molecule has 0 aromatic heterocycles. The minimum absolute atomic E-state index is 0.329. The van der Waals surface area contributed by atoms with Crippen molar-refractivity contribution in [3.8, 4) is 11.5 Å². The average molecular weight is 263 g/mol.